The topological polar surface area (TPSA) is 38.7 Å². The molecule has 8 aromatic rings. The van der Waals surface area contributed by atoms with Crippen LogP contribution >= 0.6 is 0 Å². The van der Waals surface area contributed by atoms with E-state index in [0.29, 0.717) is 17.5 Å². The third-order valence-corrected chi connectivity index (χ3v) is 7.88. The van der Waals surface area contributed by atoms with Gasteiger partial charge < -0.3 is 0 Å². The Hall–Kier alpha value is -5.67. The Kier molecular flexibility index (Phi) is 5.79. The Morgan fingerprint density at radius 1 is 0.262 bits per heavy atom. The van der Waals surface area contributed by atoms with Crippen LogP contribution in [0.4, 0.5) is 0 Å². The molecule has 0 aliphatic carbocycles. The van der Waals surface area contributed by atoms with Gasteiger partial charge in [0, 0.05) is 16.7 Å². The zero-order valence-corrected chi connectivity index (χ0v) is 22.8. The van der Waals surface area contributed by atoms with Crippen molar-refractivity contribution in [1.29, 1.82) is 0 Å². The second-order valence-corrected chi connectivity index (χ2v) is 10.5. The summed E-state index contributed by atoms with van der Waals surface area (Å²) in [5.74, 6) is 1.99. The van der Waals surface area contributed by atoms with Gasteiger partial charge in [0.15, 0.2) is 17.5 Å². The zero-order valence-electron chi connectivity index (χ0n) is 22.8. The van der Waals surface area contributed by atoms with Crippen LogP contribution in [0.5, 0.6) is 0 Å². The van der Waals surface area contributed by atoms with E-state index in [1.54, 1.807) is 0 Å². The molecular formula is C39H25N3. The summed E-state index contributed by atoms with van der Waals surface area (Å²) in [4.78, 5) is 14.6. The Morgan fingerprint density at radius 2 is 0.690 bits per heavy atom. The van der Waals surface area contributed by atoms with Gasteiger partial charge in [-0.15, -0.1) is 0 Å². The van der Waals surface area contributed by atoms with Crippen molar-refractivity contribution >= 4 is 32.3 Å². The van der Waals surface area contributed by atoms with Gasteiger partial charge in [0.05, 0.1) is 0 Å². The average molecular weight is 536 g/mol. The van der Waals surface area contributed by atoms with Gasteiger partial charge in [0.25, 0.3) is 0 Å². The summed E-state index contributed by atoms with van der Waals surface area (Å²) >= 11 is 0. The first kappa shape index (κ1) is 24.2. The number of rotatable bonds is 4. The van der Waals surface area contributed by atoms with E-state index < -0.39 is 0 Å². The standard InChI is InChI=1S/C39H25N3/c1-3-10-28(11-4-1)37-40-38(29-12-5-2-6-13-29)42-39(41-37)34-22-21-30-23-31(19-20-32(30)24-34)33-18-17-27-16-15-26-9-7-8-14-35(26)36(27)25-33/h1-25H. The zero-order chi connectivity index (χ0) is 27.9. The molecule has 0 atom stereocenters. The highest BCUT2D eigenvalue weighted by molar-refractivity contribution is 6.08. The maximum Gasteiger partial charge on any atom is 0.164 e. The van der Waals surface area contributed by atoms with Crippen LogP contribution in [-0.2, 0) is 0 Å². The van der Waals surface area contributed by atoms with E-state index in [1.807, 2.05) is 60.7 Å². The van der Waals surface area contributed by atoms with Crippen molar-refractivity contribution in [2.24, 2.45) is 0 Å². The summed E-state index contributed by atoms with van der Waals surface area (Å²) in [6.45, 7) is 0. The molecule has 0 radical (unpaired) electrons. The highest BCUT2D eigenvalue weighted by Crippen LogP contribution is 2.33. The molecule has 0 saturated heterocycles. The molecule has 1 heterocycles. The van der Waals surface area contributed by atoms with E-state index in [-0.39, 0.29) is 0 Å². The van der Waals surface area contributed by atoms with Gasteiger partial charge in [0.1, 0.15) is 0 Å². The summed E-state index contributed by atoms with van der Waals surface area (Å²) in [5.41, 5.74) is 5.30. The van der Waals surface area contributed by atoms with Gasteiger partial charge in [-0.1, -0.05) is 133 Å². The Labute approximate surface area is 243 Å². The van der Waals surface area contributed by atoms with E-state index in [4.69, 9.17) is 15.0 Å². The predicted octanol–water partition coefficient (Wildman–Crippen LogP) is 10.00. The van der Waals surface area contributed by atoms with Gasteiger partial charge in [-0.2, -0.15) is 0 Å². The summed E-state index contributed by atoms with van der Waals surface area (Å²) < 4.78 is 0. The Bertz CT molecular complexity index is 2180. The van der Waals surface area contributed by atoms with Crippen LogP contribution in [0.25, 0.3) is 77.6 Å². The molecule has 0 aliphatic heterocycles. The maximum absolute atomic E-state index is 4.90. The first-order valence-corrected chi connectivity index (χ1v) is 14.1. The summed E-state index contributed by atoms with van der Waals surface area (Å²) in [6.07, 6.45) is 0. The average Bonchev–Trinajstić information content (AvgIpc) is 3.08. The molecule has 1 aromatic heterocycles. The molecule has 0 unspecified atom stereocenters. The van der Waals surface area contributed by atoms with Crippen molar-refractivity contribution in [3.63, 3.8) is 0 Å². The molecule has 3 heteroatoms. The first-order chi connectivity index (χ1) is 20.8. The van der Waals surface area contributed by atoms with Crippen molar-refractivity contribution in [2.45, 2.75) is 0 Å². The van der Waals surface area contributed by atoms with Crippen molar-refractivity contribution in [3.8, 4) is 45.3 Å². The number of hydrogen-bond donors (Lipinski definition) is 0. The maximum atomic E-state index is 4.90. The smallest absolute Gasteiger partial charge is 0.164 e. The molecule has 42 heavy (non-hydrogen) atoms. The minimum Gasteiger partial charge on any atom is -0.208 e. The summed E-state index contributed by atoms with van der Waals surface area (Å²) in [7, 11) is 0. The second-order valence-electron chi connectivity index (χ2n) is 10.5. The first-order valence-electron chi connectivity index (χ1n) is 14.1. The van der Waals surface area contributed by atoms with Crippen LogP contribution in [0.3, 0.4) is 0 Å². The Morgan fingerprint density at radius 3 is 1.33 bits per heavy atom. The lowest BCUT2D eigenvalue weighted by atomic mass is 9.95. The minimum absolute atomic E-state index is 0.662. The highest BCUT2D eigenvalue weighted by Gasteiger charge is 2.13. The summed E-state index contributed by atoms with van der Waals surface area (Å²) in [5, 5.41) is 7.39. The number of hydrogen-bond acceptors (Lipinski definition) is 3. The van der Waals surface area contributed by atoms with Gasteiger partial charge in [-0.25, -0.2) is 15.0 Å². The molecule has 0 bridgehead atoms. The SMILES string of the molecule is c1ccc(-c2nc(-c3ccccc3)nc(-c3ccc4cc(-c5ccc6ccc7ccccc7c6c5)ccc4c3)n2)cc1. The predicted molar refractivity (Wildman–Crippen MR) is 174 cm³/mol. The Balaban J connectivity index is 1.21. The van der Waals surface area contributed by atoms with E-state index in [1.165, 1.54) is 38.1 Å². The lowest BCUT2D eigenvalue weighted by molar-refractivity contribution is 1.07. The van der Waals surface area contributed by atoms with Gasteiger partial charge in [-0.05, 0) is 61.6 Å². The van der Waals surface area contributed by atoms with Crippen molar-refractivity contribution in [2.75, 3.05) is 0 Å². The molecule has 3 nitrogen and oxygen atoms in total. The molecule has 0 saturated carbocycles. The molecule has 0 spiro atoms. The number of benzene rings is 7. The lowest BCUT2D eigenvalue weighted by Crippen LogP contribution is -2.00. The normalized spacial score (nSPS) is 11.3. The number of fused-ring (bicyclic) bond motifs is 4. The van der Waals surface area contributed by atoms with Crippen LogP contribution in [0.15, 0.2) is 152 Å². The molecular weight excluding hydrogens is 510 g/mol. The number of nitrogens with zero attached hydrogens (tertiary/aromatic N) is 3. The van der Waals surface area contributed by atoms with Crippen LogP contribution in [0.1, 0.15) is 0 Å². The van der Waals surface area contributed by atoms with E-state index >= 15 is 0 Å². The fourth-order valence-electron chi connectivity index (χ4n) is 5.68. The third-order valence-electron chi connectivity index (χ3n) is 7.88. The lowest BCUT2D eigenvalue weighted by Gasteiger charge is -2.10. The van der Waals surface area contributed by atoms with Crippen LogP contribution in [0, 0.1) is 0 Å². The fourth-order valence-corrected chi connectivity index (χ4v) is 5.68. The minimum atomic E-state index is 0.662. The van der Waals surface area contributed by atoms with Gasteiger partial charge in [0.2, 0.25) is 0 Å². The second kappa shape index (κ2) is 10.1. The monoisotopic (exact) mass is 535 g/mol. The molecule has 0 fully saturated rings. The molecule has 0 N–H and O–H groups in total. The highest BCUT2D eigenvalue weighted by atomic mass is 15.0. The van der Waals surface area contributed by atoms with E-state index in [2.05, 4.69) is 91.0 Å². The van der Waals surface area contributed by atoms with Crippen LogP contribution in [0.2, 0.25) is 0 Å². The quantitative estimate of drug-likeness (QED) is 0.211. The van der Waals surface area contributed by atoms with Crippen molar-refractivity contribution < 1.29 is 0 Å². The largest absolute Gasteiger partial charge is 0.208 e. The van der Waals surface area contributed by atoms with E-state index in [9.17, 15) is 0 Å². The molecule has 196 valence electrons. The van der Waals surface area contributed by atoms with Crippen LogP contribution < -0.4 is 0 Å². The molecule has 0 amide bonds. The van der Waals surface area contributed by atoms with Crippen molar-refractivity contribution in [1.82, 2.24) is 15.0 Å². The summed E-state index contributed by atoms with van der Waals surface area (Å²) in [6, 6.07) is 53.0. The fraction of sp³-hybridized carbons (Fsp3) is 0. The number of aromatic nitrogens is 3. The molecule has 0 aliphatic rings. The third kappa shape index (κ3) is 4.38. The molecule has 8 rings (SSSR count). The van der Waals surface area contributed by atoms with Crippen LogP contribution in [-0.4, -0.2) is 15.0 Å². The molecule has 7 aromatic carbocycles. The van der Waals surface area contributed by atoms with E-state index in [0.717, 1.165) is 22.1 Å². The van der Waals surface area contributed by atoms with Gasteiger partial charge >= 0.3 is 0 Å². The van der Waals surface area contributed by atoms with Crippen molar-refractivity contribution in [3.05, 3.63) is 152 Å². The van der Waals surface area contributed by atoms with Gasteiger partial charge in [-0.3, -0.25) is 0 Å².